The Kier molecular flexibility index (Phi) is 6.14. The Bertz CT molecular complexity index is 1240. The van der Waals surface area contributed by atoms with Gasteiger partial charge in [-0.1, -0.05) is 17.7 Å². The number of carbonyl (C=O) groups is 1. The van der Waals surface area contributed by atoms with Gasteiger partial charge in [0.25, 0.3) is 5.91 Å². The molecule has 4 rings (SSSR count). The summed E-state index contributed by atoms with van der Waals surface area (Å²) in [6, 6.07) is 6.11. The van der Waals surface area contributed by atoms with E-state index in [-0.39, 0.29) is 5.91 Å². The Morgan fingerprint density at radius 2 is 1.88 bits per heavy atom. The maximum atomic E-state index is 12.7. The lowest BCUT2D eigenvalue weighted by atomic mass is 10.1. The summed E-state index contributed by atoms with van der Waals surface area (Å²) in [6.07, 6.45) is 5.46. The number of aryl methyl sites for hydroxylation is 5. The summed E-state index contributed by atoms with van der Waals surface area (Å²) in [4.78, 5) is 13.3. The second-order valence-electron chi connectivity index (χ2n) is 8.13. The minimum absolute atomic E-state index is 0.152. The third kappa shape index (κ3) is 4.91. The summed E-state index contributed by atoms with van der Waals surface area (Å²) < 4.78 is 9.63. The van der Waals surface area contributed by atoms with Crippen LogP contribution in [0.3, 0.4) is 0 Å². The molecule has 8 heteroatoms. The van der Waals surface area contributed by atoms with E-state index in [0.717, 1.165) is 33.7 Å². The molecule has 32 heavy (non-hydrogen) atoms. The Labute approximate surface area is 191 Å². The van der Waals surface area contributed by atoms with Crippen molar-refractivity contribution in [1.82, 2.24) is 19.6 Å². The standard InChI is InChI=1S/C24H27N5O2S/c1-15-6-16(2)23(17(3)7-15)31-13-19-8-22(32-14-19)24(30)26-21-9-25-29(12-21)11-20-10-28(5)27-18(20)4/h6-10,12,14H,11,13H2,1-5H3,(H,26,30). The highest BCUT2D eigenvalue weighted by molar-refractivity contribution is 7.12. The number of amides is 1. The SMILES string of the molecule is Cc1cc(C)c(OCc2csc(C(=O)Nc3cnn(Cc4cn(C)nc4C)c3)c2)c(C)c1. The molecule has 7 nitrogen and oxygen atoms in total. The average Bonchev–Trinajstić information content (AvgIpc) is 3.42. The maximum Gasteiger partial charge on any atom is 0.265 e. The number of thiophene rings is 1. The highest BCUT2D eigenvalue weighted by Crippen LogP contribution is 2.26. The first kappa shape index (κ1) is 21.8. The predicted octanol–water partition coefficient (Wildman–Crippen LogP) is 4.79. The number of benzene rings is 1. The molecule has 0 aliphatic carbocycles. The third-order valence-corrected chi connectivity index (χ3v) is 6.18. The van der Waals surface area contributed by atoms with Gasteiger partial charge in [0.15, 0.2) is 0 Å². The van der Waals surface area contributed by atoms with Crippen molar-refractivity contribution in [2.75, 3.05) is 5.32 Å². The van der Waals surface area contributed by atoms with E-state index in [9.17, 15) is 4.79 Å². The van der Waals surface area contributed by atoms with Crippen LogP contribution in [0.1, 0.15) is 43.2 Å². The van der Waals surface area contributed by atoms with Gasteiger partial charge in [-0.2, -0.15) is 10.2 Å². The zero-order chi connectivity index (χ0) is 22.8. The topological polar surface area (TPSA) is 74.0 Å². The molecule has 0 saturated heterocycles. The fraction of sp³-hybridized carbons (Fsp3) is 0.292. The van der Waals surface area contributed by atoms with Crippen LogP contribution in [-0.4, -0.2) is 25.5 Å². The van der Waals surface area contributed by atoms with Crippen LogP contribution in [0.5, 0.6) is 5.75 Å². The van der Waals surface area contributed by atoms with E-state index in [4.69, 9.17) is 4.74 Å². The quantitative estimate of drug-likeness (QED) is 0.440. The highest BCUT2D eigenvalue weighted by Gasteiger charge is 2.13. The van der Waals surface area contributed by atoms with Crippen molar-refractivity contribution in [3.8, 4) is 5.75 Å². The normalized spacial score (nSPS) is 11.0. The van der Waals surface area contributed by atoms with Gasteiger partial charge >= 0.3 is 0 Å². The molecule has 166 valence electrons. The van der Waals surface area contributed by atoms with E-state index < -0.39 is 0 Å². The van der Waals surface area contributed by atoms with Gasteiger partial charge in [0.2, 0.25) is 0 Å². The van der Waals surface area contributed by atoms with Crippen molar-refractivity contribution >= 4 is 22.9 Å². The zero-order valence-electron chi connectivity index (χ0n) is 19.0. The van der Waals surface area contributed by atoms with E-state index in [2.05, 4.69) is 48.4 Å². The summed E-state index contributed by atoms with van der Waals surface area (Å²) in [7, 11) is 1.90. The Hall–Kier alpha value is -3.39. The molecule has 3 aromatic heterocycles. The van der Waals surface area contributed by atoms with Crippen LogP contribution in [0.15, 0.2) is 42.2 Å². The molecule has 0 saturated carbocycles. The summed E-state index contributed by atoms with van der Waals surface area (Å²) in [5, 5.41) is 13.6. The molecule has 3 heterocycles. The van der Waals surface area contributed by atoms with Crippen LogP contribution in [0.4, 0.5) is 5.69 Å². The molecule has 0 fully saturated rings. The molecule has 1 N–H and O–H groups in total. The predicted molar refractivity (Wildman–Crippen MR) is 127 cm³/mol. The maximum absolute atomic E-state index is 12.7. The Morgan fingerprint density at radius 1 is 1.12 bits per heavy atom. The van der Waals surface area contributed by atoms with Crippen LogP contribution in [-0.2, 0) is 20.2 Å². The van der Waals surface area contributed by atoms with Gasteiger partial charge in [0.05, 0.1) is 29.0 Å². The molecule has 4 aromatic rings. The van der Waals surface area contributed by atoms with Gasteiger partial charge in [-0.3, -0.25) is 14.2 Å². The Balaban J connectivity index is 1.36. The van der Waals surface area contributed by atoms with E-state index in [1.54, 1.807) is 15.6 Å². The molecule has 0 aliphatic rings. The van der Waals surface area contributed by atoms with E-state index in [0.29, 0.717) is 23.7 Å². The molecular formula is C24H27N5O2S. The first-order valence-corrected chi connectivity index (χ1v) is 11.3. The number of ether oxygens (including phenoxy) is 1. The summed E-state index contributed by atoms with van der Waals surface area (Å²) in [6.45, 7) is 9.19. The molecule has 0 bridgehead atoms. The largest absolute Gasteiger partial charge is 0.488 e. The van der Waals surface area contributed by atoms with Crippen molar-refractivity contribution in [2.24, 2.45) is 7.05 Å². The van der Waals surface area contributed by atoms with Crippen LogP contribution in [0.25, 0.3) is 0 Å². The van der Waals surface area contributed by atoms with Gasteiger partial charge in [0, 0.05) is 30.6 Å². The number of rotatable bonds is 7. The van der Waals surface area contributed by atoms with Gasteiger partial charge < -0.3 is 10.1 Å². The lowest BCUT2D eigenvalue weighted by Crippen LogP contribution is -2.09. The molecule has 1 amide bonds. The lowest BCUT2D eigenvalue weighted by Gasteiger charge is -2.12. The minimum atomic E-state index is -0.152. The molecule has 0 aliphatic heterocycles. The first-order chi connectivity index (χ1) is 15.3. The van der Waals surface area contributed by atoms with Gasteiger partial charge in [-0.15, -0.1) is 11.3 Å². The van der Waals surface area contributed by atoms with Crippen molar-refractivity contribution in [1.29, 1.82) is 0 Å². The van der Waals surface area contributed by atoms with Crippen LogP contribution >= 0.6 is 11.3 Å². The average molecular weight is 450 g/mol. The molecule has 0 spiro atoms. The van der Waals surface area contributed by atoms with Gasteiger partial charge in [-0.05, 0) is 50.3 Å². The molecule has 0 unspecified atom stereocenters. The number of carbonyl (C=O) groups excluding carboxylic acids is 1. The fourth-order valence-electron chi connectivity index (χ4n) is 3.81. The lowest BCUT2D eigenvalue weighted by molar-refractivity contribution is 0.103. The van der Waals surface area contributed by atoms with E-state index >= 15 is 0 Å². The smallest absolute Gasteiger partial charge is 0.265 e. The van der Waals surface area contributed by atoms with E-state index in [1.165, 1.54) is 16.9 Å². The highest BCUT2D eigenvalue weighted by atomic mass is 32.1. The Morgan fingerprint density at radius 3 is 2.56 bits per heavy atom. The van der Waals surface area contributed by atoms with Crippen molar-refractivity contribution < 1.29 is 9.53 Å². The van der Waals surface area contributed by atoms with E-state index in [1.807, 2.05) is 37.8 Å². The second kappa shape index (κ2) is 9.00. The van der Waals surface area contributed by atoms with Crippen molar-refractivity contribution in [3.05, 3.63) is 80.6 Å². The fourth-order valence-corrected chi connectivity index (χ4v) is 4.60. The van der Waals surface area contributed by atoms with Gasteiger partial charge in [0.1, 0.15) is 12.4 Å². The molecule has 1 aromatic carbocycles. The number of aromatic nitrogens is 4. The third-order valence-electron chi connectivity index (χ3n) is 5.20. The number of hydrogen-bond acceptors (Lipinski definition) is 5. The summed E-state index contributed by atoms with van der Waals surface area (Å²) in [5.41, 5.74) is 7.16. The number of anilines is 1. The van der Waals surface area contributed by atoms with Gasteiger partial charge in [-0.25, -0.2) is 0 Å². The van der Waals surface area contributed by atoms with Crippen molar-refractivity contribution in [3.63, 3.8) is 0 Å². The number of hydrogen-bond donors (Lipinski definition) is 1. The van der Waals surface area contributed by atoms with Crippen LogP contribution in [0, 0.1) is 27.7 Å². The number of nitrogens with one attached hydrogen (secondary N) is 1. The summed E-state index contributed by atoms with van der Waals surface area (Å²) in [5.74, 6) is 0.755. The second-order valence-corrected chi connectivity index (χ2v) is 9.04. The first-order valence-electron chi connectivity index (χ1n) is 10.4. The zero-order valence-corrected chi connectivity index (χ0v) is 19.8. The molecule has 0 atom stereocenters. The number of nitrogens with zero attached hydrogens (tertiary/aromatic N) is 4. The minimum Gasteiger partial charge on any atom is -0.488 e. The summed E-state index contributed by atoms with van der Waals surface area (Å²) >= 11 is 1.41. The van der Waals surface area contributed by atoms with Crippen LogP contribution < -0.4 is 10.1 Å². The molecule has 0 radical (unpaired) electrons. The van der Waals surface area contributed by atoms with Crippen LogP contribution in [0.2, 0.25) is 0 Å². The van der Waals surface area contributed by atoms with Crippen molar-refractivity contribution in [2.45, 2.75) is 40.8 Å². The molecular weight excluding hydrogens is 422 g/mol. The monoisotopic (exact) mass is 449 g/mol.